The first-order valence-corrected chi connectivity index (χ1v) is 6.45. The number of halogens is 1. The van der Waals surface area contributed by atoms with Crippen LogP contribution in [0.5, 0.6) is 5.75 Å². The van der Waals surface area contributed by atoms with E-state index in [1.807, 2.05) is 44.3 Å². The molecule has 2 rings (SSSR count). The lowest BCUT2D eigenvalue weighted by molar-refractivity contribution is 0.415. The first-order valence-electron chi connectivity index (χ1n) is 6.45. The van der Waals surface area contributed by atoms with Gasteiger partial charge in [-0.05, 0) is 48.9 Å². The smallest absolute Gasteiger partial charge is 0.147 e. The average Bonchev–Trinajstić information content (AvgIpc) is 2.46. The van der Waals surface area contributed by atoms with Crippen LogP contribution in [0.3, 0.4) is 0 Å². The molecule has 1 unspecified atom stereocenters. The second kappa shape index (κ2) is 5.92. The predicted octanol–water partition coefficient (Wildman–Crippen LogP) is 3.62. The van der Waals surface area contributed by atoms with Crippen molar-refractivity contribution in [1.82, 2.24) is 0 Å². The number of benzene rings is 2. The van der Waals surface area contributed by atoms with Gasteiger partial charge in [0, 0.05) is 18.8 Å². The van der Waals surface area contributed by atoms with Gasteiger partial charge in [0.2, 0.25) is 0 Å². The largest absolute Gasteiger partial charge is 0.497 e. The molecule has 106 valence electrons. The maximum Gasteiger partial charge on any atom is 0.147 e. The molecule has 0 saturated heterocycles. The number of hydrogen-bond acceptors (Lipinski definition) is 3. The van der Waals surface area contributed by atoms with Gasteiger partial charge in [-0.3, -0.25) is 0 Å². The summed E-state index contributed by atoms with van der Waals surface area (Å²) >= 11 is 0. The van der Waals surface area contributed by atoms with Crippen LogP contribution in [-0.4, -0.2) is 14.2 Å². The summed E-state index contributed by atoms with van der Waals surface area (Å²) in [7, 11) is 3.44. The Morgan fingerprint density at radius 2 is 1.80 bits per heavy atom. The van der Waals surface area contributed by atoms with E-state index in [0.717, 1.165) is 17.0 Å². The van der Waals surface area contributed by atoms with Gasteiger partial charge >= 0.3 is 0 Å². The van der Waals surface area contributed by atoms with Gasteiger partial charge in [-0.15, -0.1) is 0 Å². The van der Waals surface area contributed by atoms with E-state index in [0.29, 0.717) is 5.69 Å². The molecule has 0 bridgehead atoms. The Labute approximate surface area is 118 Å². The maximum atomic E-state index is 14.2. The Bertz CT molecular complexity index is 582. The lowest BCUT2D eigenvalue weighted by atomic mass is 10.1. The molecule has 0 amide bonds. The van der Waals surface area contributed by atoms with Gasteiger partial charge in [-0.2, -0.15) is 0 Å². The highest BCUT2D eigenvalue weighted by atomic mass is 19.1. The molecule has 0 heterocycles. The molecule has 3 nitrogen and oxygen atoms in total. The van der Waals surface area contributed by atoms with Crippen LogP contribution in [0.25, 0.3) is 0 Å². The summed E-state index contributed by atoms with van der Waals surface area (Å²) in [5.74, 6) is 0.494. The SMILES string of the molecule is COc1ccc(N(C)c2ccc(C(C)N)cc2F)cc1. The second-order valence-corrected chi connectivity index (χ2v) is 4.76. The summed E-state index contributed by atoms with van der Waals surface area (Å²) in [6, 6.07) is 12.4. The number of ether oxygens (including phenoxy) is 1. The Balaban J connectivity index is 2.30. The van der Waals surface area contributed by atoms with Crippen LogP contribution >= 0.6 is 0 Å². The summed E-state index contributed by atoms with van der Waals surface area (Å²) in [6.45, 7) is 1.83. The zero-order valence-corrected chi connectivity index (χ0v) is 11.9. The van der Waals surface area contributed by atoms with E-state index >= 15 is 0 Å². The fraction of sp³-hybridized carbons (Fsp3) is 0.250. The third-order valence-corrected chi connectivity index (χ3v) is 3.32. The van der Waals surface area contributed by atoms with Crippen molar-refractivity contribution < 1.29 is 9.13 Å². The van der Waals surface area contributed by atoms with Crippen LogP contribution in [0.2, 0.25) is 0 Å². The lowest BCUT2D eigenvalue weighted by Crippen LogP contribution is -2.12. The first-order chi connectivity index (χ1) is 9.52. The van der Waals surface area contributed by atoms with Crippen molar-refractivity contribution in [2.24, 2.45) is 5.73 Å². The number of rotatable bonds is 4. The van der Waals surface area contributed by atoms with Gasteiger partial charge in [-0.1, -0.05) is 6.07 Å². The monoisotopic (exact) mass is 274 g/mol. The molecule has 20 heavy (non-hydrogen) atoms. The average molecular weight is 274 g/mol. The van der Waals surface area contributed by atoms with E-state index in [1.54, 1.807) is 18.1 Å². The standard InChI is InChI=1S/C16H19FN2O/c1-11(18)12-4-9-16(15(17)10-12)19(2)13-5-7-14(20-3)8-6-13/h4-11H,18H2,1-3H3. The van der Waals surface area contributed by atoms with Gasteiger partial charge in [-0.25, -0.2) is 4.39 Å². The van der Waals surface area contributed by atoms with Crippen LogP contribution in [0.1, 0.15) is 18.5 Å². The van der Waals surface area contributed by atoms with Crippen molar-refractivity contribution in [2.75, 3.05) is 19.1 Å². The molecule has 2 aromatic carbocycles. The Kier molecular flexibility index (Phi) is 4.25. The third-order valence-electron chi connectivity index (χ3n) is 3.32. The van der Waals surface area contributed by atoms with Gasteiger partial charge in [0.25, 0.3) is 0 Å². The van der Waals surface area contributed by atoms with Crippen molar-refractivity contribution in [3.05, 3.63) is 53.8 Å². The molecule has 0 saturated carbocycles. The fourth-order valence-corrected chi connectivity index (χ4v) is 2.02. The summed E-state index contributed by atoms with van der Waals surface area (Å²) in [6.07, 6.45) is 0. The molecule has 0 aromatic heterocycles. The minimum absolute atomic E-state index is 0.176. The molecule has 0 fully saturated rings. The normalized spacial score (nSPS) is 12.1. The zero-order valence-electron chi connectivity index (χ0n) is 11.9. The van der Waals surface area contributed by atoms with E-state index in [2.05, 4.69) is 0 Å². The van der Waals surface area contributed by atoms with Crippen molar-refractivity contribution in [1.29, 1.82) is 0 Å². The van der Waals surface area contributed by atoms with Gasteiger partial charge in [0.1, 0.15) is 11.6 Å². The second-order valence-electron chi connectivity index (χ2n) is 4.76. The molecule has 0 spiro atoms. The molecular weight excluding hydrogens is 255 g/mol. The van der Waals surface area contributed by atoms with Crippen LogP contribution in [0.4, 0.5) is 15.8 Å². The van der Waals surface area contributed by atoms with Crippen molar-refractivity contribution in [3.63, 3.8) is 0 Å². The zero-order chi connectivity index (χ0) is 14.7. The first kappa shape index (κ1) is 14.3. The van der Waals surface area contributed by atoms with Crippen LogP contribution in [-0.2, 0) is 0 Å². The summed E-state index contributed by atoms with van der Waals surface area (Å²) in [5, 5.41) is 0. The van der Waals surface area contributed by atoms with Crippen LogP contribution in [0.15, 0.2) is 42.5 Å². The number of anilines is 2. The van der Waals surface area contributed by atoms with Crippen LogP contribution < -0.4 is 15.4 Å². The number of nitrogens with two attached hydrogens (primary N) is 1. The summed E-state index contributed by atoms with van der Waals surface area (Å²) < 4.78 is 19.3. The quantitative estimate of drug-likeness (QED) is 0.925. The molecule has 4 heteroatoms. The highest BCUT2D eigenvalue weighted by Crippen LogP contribution is 2.29. The minimum atomic E-state index is -0.280. The lowest BCUT2D eigenvalue weighted by Gasteiger charge is -2.21. The number of nitrogens with zero attached hydrogens (tertiary/aromatic N) is 1. The van der Waals surface area contributed by atoms with E-state index < -0.39 is 0 Å². The van der Waals surface area contributed by atoms with Crippen LogP contribution in [0, 0.1) is 5.82 Å². The van der Waals surface area contributed by atoms with Gasteiger partial charge < -0.3 is 15.4 Å². The minimum Gasteiger partial charge on any atom is -0.497 e. The number of hydrogen-bond donors (Lipinski definition) is 1. The van der Waals surface area contributed by atoms with Crippen molar-refractivity contribution >= 4 is 11.4 Å². The Morgan fingerprint density at radius 1 is 1.15 bits per heavy atom. The Morgan fingerprint density at radius 3 is 2.30 bits per heavy atom. The van der Waals surface area contributed by atoms with Crippen molar-refractivity contribution in [3.8, 4) is 5.75 Å². The molecule has 0 aliphatic heterocycles. The molecule has 0 radical (unpaired) electrons. The predicted molar refractivity (Wildman–Crippen MR) is 80.1 cm³/mol. The Hall–Kier alpha value is -2.07. The van der Waals surface area contributed by atoms with E-state index in [9.17, 15) is 4.39 Å². The molecule has 2 aromatic rings. The molecule has 0 aliphatic carbocycles. The fourth-order valence-electron chi connectivity index (χ4n) is 2.02. The van der Waals surface area contributed by atoms with E-state index in [-0.39, 0.29) is 11.9 Å². The molecule has 1 atom stereocenters. The third kappa shape index (κ3) is 2.91. The summed E-state index contributed by atoms with van der Waals surface area (Å²) in [5.41, 5.74) is 7.94. The van der Waals surface area contributed by atoms with Crippen molar-refractivity contribution in [2.45, 2.75) is 13.0 Å². The molecular formula is C16H19FN2O. The van der Waals surface area contributed by atoms with Gasteiger partial charge in [0.05, 0.1) is 12.8 Å². The van der Waals surface area contributed by atoms with Gasteiger partial charge in [0.15, 0.2) is 0 Å². The summed E-state index contributed by atoms with van der Waals surface area (Å²) in [4.78, 5) is 1.79. The highest BCUT2D eigenvalue weighted by molar-refractivity contribution is 5.64. The topological polar surface area (TPSA) is 38.5 Å². The highest BCUT2D eigenvalue weighted by Gasteiger charge is 2.11. The number of methoxy groups -OCH3 is 1. The van der Waals surface area contributed by atoms with E-state index in [4.69, 9.17) is 10.5 Å². The maximum absolute atomic E-state index is 14.2. The molecule has 0 aliphatic rings. The molecule has 2 N–H and O–H groups in total. The van der Waals surface area contributed by atoms with E-state index in [1.165, 1.54) is 6.07 Å².